The van der Waals surface area contributed by atoms with Crippen molar-refractivity contribution in [2.24, 2.45) is 0 Å². The number of ether oxygens (including phenoxy) is 1. The van der Waals surface area contributed by atoms with Crippen LogP contribution in [0.1, 0.15) is 17.3 Å². The van der Waals surface area contributed by atoms with Crippen molar-refractivity contribution < 1.29 is 14.3 Å². The largest absolute Gasteiger partial charge is 0.481 e. The Kier molecular flexibility index (Phi) is 5.07. The van der Waals surface area contributed by atoms with Gasteiger partial charge >= 0.3 is 0 Å². The molecule has 4 rings (SSSR count). The molecule has 0 fully saturated rings. The molecule has 0 aliphatic heterocycles. The maximum atomic E-state index is 12.5. The van der Waals surface area contributed by atoms with E-state index in [0.717, 1.165) is 16.2 Å². The minimum absolute atomic E-state index is 0.381. The molecule has 3 aromatic carbocycles. The van der Waals surface area contributed by atoms with Gasteiger partial charge in [-0.05, 0) is 42.0 Å². The van der Waals surface area contributed by atoms with E-state index in [2.05, 4.69) is 15.8 Å². The van der Waals surface area contributed by atoms with E-state index < -0.39 is 17.9 Å². The van der Waals surface area contributed by atoms with Gasteiger partial charge in [0.05, 0.1) is 11.1 Å². The first-order valence-electron chi connectivity index (χ1n) is 9.21. The van der Waals surface area contributed by atoms with Gasteiger partial charge in [-0.1, -0.05) is 48.5 Å². The van der Waals surface area contributed by atoms with Crippen molar-refractivity contribution in [1.82, 2.24) is 15.8 Å². The highest BCUT2D eigenvalue weighted by Crippen LogP contribution is 2.21. The number of carbonyl (C=O) groups excluding carboxylic acids is 2. The van der Waals surface area contributed by atoms with Gasteiger partial charge in [-0.2, -0.15) is 0 Å². The first kappa shape index (κ1) is 18.4. The highest BCUT2D eigenvalue weighted by molar-refractivity contribution is 6.05. The summed E-state index contributed by atoms with van der Waals surface area (Å²) in [5.41, 5.74) is 5.79. The lowest BCUT2D eigenvalue weighted by Crippen LogP contribution is -2.47. The fourth-order valence-corrected chi connectivity index (χ4v) is 3.07. The van der Waals surface area contributed by atoms with Crippen LogP contribution in [0.2, 0.25) is 0 Å². The Morgan fingerprint density at radius 3 is 2.48 bits per heavy atom. The molecule has 0 spiro atoms. The van der Waals surface area contributed by atoms with Gasteiger partial charge < -0.3 is 4.74 Å². The normalized spacial score (nSPS) is 11.8. The Balaban J connectivity index is 1.40. The maximum absolute atomic E-state index is 12.5. The number of hydrazine groups is 1. The average molecular weight is 385 g/mol. The van der Waals surface area contributed by atoms with Gasteiger partial charge in [-0.3, -0.25) is 25.4 Å². The summed E-state index contributed by atoms with van der Waals surface area (Å²) in [6.07, 6.45) is 0.832. The predicted molar refractivity (Wildman–Crippen MR) is 111 cm³/mol. The van der Waals surface area contributed by atoms with Crippen LogP contribution in [-0.2, 0) is 4.79 Å². The smallest absolute Gasteiger partial charge is 0.279 e. The van der Waals surface area contributed by atoms with Crippen LogP contribution in [0.5, 0.6) is 5.75 Å². The summed E-state index contributed by atoms with van der Waals surface area (Å²) >= 11 is 0. The van der Waals surface area contributed by atoms with Gasteiger partial charge in [-0.25, -0.2) is 0 Å². The Labute approximate surface area is 167 Å². The molecule has 1 heterocycles. The molecule has 6 heteroatoms. The molecule has 0 bridgehead atoms. The van der Waals surface area contributed by atoms with E-state index in [-0.39, 0.29) is 0 Å². The van der Waals surface area contributed by atoms with Crippen LogP contribution >= 0.6 is 0 Å². The van der Waals surface area contributed by atoms with Crippen molar-refractivity contribution in [3.8, 4) is 5.75 Å². The number of amides is 2. The number of hydrogen-bond acceptors (Lipinski definition) is 4. The lowest BCUT2D eigenvalue weighted by atomic mass is 10.1. The second-order valence-electron chi connectivity index (χ2n) is 6.59. The van der Waals surface area contributed by atoms with E-state index in [1.807, 2.05) is 54.6 Å². The number of fused-ring (bicyclic) bond motifs is 2. The molecule has 0 unspecified atom stereocenters. The second-order valence-corrected chi connectivity index (χ2v) is 6.59. The molecular formula is C23H19N3O3. The summed E-state index contributed by atoms with van der Waals surface area (Å²) in [5, 5.41) is 2.96. The zero-order valence-corrected chi connectivity index (χ0v) is 15.8. The molecule has 0 aliphatic rings. The summed E-state index contributed by atoms with van der Waals surface area (Å²) in [7, 11) is 0. The summed E-state index contributed by atoms with van der Waals surface area (Å²) in [4.78, 5) is 29.1. The average Bonchev–Trinajstić information content (AvgIpc) is 2.76. The number of benzene rings is 3. The van der Waals surface area contributed by atoms with Gasteiger partial charge in [0.1, 0.15) is 5.75 Å². The molecule has 2 N–H and O–H groups in total. The van der Waals surface area contributed by atoms with Gasteiger partial charge in [-0.15, -0.1) is 0 Å². The third kappa shape index (κ3) is 4.01. The van der Waals surface area contributed by atoms with Crippen molar-refractivity contribution in [3.63, 3.8) is 0 Å². The van der Waals surface area contributed by atoms with Crippen LogP contribution in [-0.4, -0.2) is 22.9 Å². The predicted octanol–water partition coefficient (Wildman–Crippen LogP) is 3.62. The van der Waals surface area contributed by atoms with Gasteiger partial charge in [0, 0.05) is 11.6 Å². The highest BCUT2D eigenvalue weighted by atomic mass is 16.5. The molecular weight excluding hydrogens is 366 g/mol. The molecule has 0 saturated heterocycles. The number of rotatable bonds is 4. The van der Waals surface area contributed by atoms with Crippen molar-refractivity contribution >= 4 is 33.5 Å². The number of nitrogens with one attached hydrogen (secondary N) is 2. The minimum atomic E-state index is -0.790. The van der Waals surface area contributed by atoms with Gasteiger partial charge in [0.25, 0.3) is 11.8 Å². The van der Waals surface area contributed by atoms with E-state index >= 15 is 0 Å². The fraction of sp³-hybridized carbons (Fsp3) is 0.0870. The molecule has 144 valence electrons. The molecule has 29 heavy (non-hydrogen) atoms. The molecule has 2 amide bonds. The highest BCUT2D eigenvalue weighted by Gasteiger charge is 2.17. The van der Waals surface area contributed by atoms with E-state index in [9.17, 15) is 9.59 Å². The van der Waals surface area contributed by atoms with E-state index in [1.165, 1.54) is 0 Å². The van der Waals surface area contributed by atoms with Crippen LogP contribution in [0.15, 0.2) is 79.0 Å². The molecule has 6 nitrogen and oxygen atoms in total. The lowest BCUT2D eigenvalue weighted by Gasteiger charge is -2.16. The molecule has 0 radical (unpaired) electrons. The fourth-order valence-electron chi connectivity index (χ4n) is 3.07. The van der Waals surface area contributed by atoms with E-state index in [1.54, 1.807) is 31.3 Å². The second kappa shape index (κ2) is 7.98. The zero-order valence-electron chi connectivity index (χ0n) is 15.8. The Hall–Kier alpha value is -3.93. The Bertz CT molecular complexity index is 1200. The van der Waals surface area contributed by atoms with E-state index in [0.29, 0.717) is 16.8 Å². The van der Waals surface area contributed by atoms with Crippen molar-refractivity contribution in [2.45, 2.75) is 13.0 Å². The van der Waals surface area contributed by atoms with Gasteiger partial charge in [0.2, 0.25) is 0 Å². The molecule has 0 aliphatic carbocycles. The zero-order chi connectivity index (χ0) is 20.2. The summed E-state index contributed by atoms with van der Waals surface area (Å²) < 4.78 is 5.72. The topological polar surface area (TPSA) is 80.3 Å². The van der Waals surface area contributed by atoms with E-state index in [4.69, 9.17) is 4.74 Å². The van der Waals surface area contributed by atoms with Crippen LogP contribution in [0, 0.1) is 0 Å². The van der Waals surface area contributed by atoms with Crippen LogP contribution in [0.25, 0.3) is 21.7 Å². The summed E-state index contributed by atoms with van der Waals surface area (Å²) in [6.45, 7) is 1.62. The molecule has 4 aromatic rings. The van der Waals surface area contributed by atoms with Crippen molar-refractivity contribution in [1.29, 1.82) is 0 Å². The lowest BCUT2D eigenvalue weighted by molar-refractivity contribution is -0.128. The first-order chi connectivity index (χ1) is 14.1. The molecule has 0 saturated carbocycles. The number of pyridine rings is 1. The number of carbonyl (C=O) groups is 2. The third-order valence-corrected chi connectivity index (χ3v) is 4.58. The standard InChI is InChI=1S/C23H19N3O3/c1-15(29-19-12-11-16-6-2-3-7-18(16)14-19)22(27)25-26-23(28)20-10-4-8-17-9-5-13-24-21(17)20/h2-15H,1H3,(H,25,27)(H,26,28)/t15-/m1/s1. The third-order valence-electron chi connectivity index (χ3n) is 4.58. The summed E-state index contributed by atoms with van der Waals surface area (Å²) in [5.74, 6) is -0.323. The molecule has 1 aromatic heterocycles. The first-order valence-corrected chi connectivity index (χ1v) is 9.21. The number of para-hydroxylation sites is 1. The minimum Gasteiger partial charge on any atom is -0.481 e. The van der Waals surface area contributed by atoms with Crippen molar-refractivity contribution in [3.05, 3.63) is 84.6 Å². The maximum Gasteiger partial charge on any atom is 0.279 e. The quantitative estimate of drug-likeness (QED) is 0.526. The summed E-state index contributed by atoms with van der Waals surface area (Å²) in [6, 6.07) is 22.5. The van der Waals surface area contributed by atoms with Crippen LogP contribution in [0.4, 0.5) is 0 Å². The van der Waals surface area contributed by atoms with Crippen LogP contribution < -0.4 is 15.6 Å². The Morgan fingerprint density at radius 1 is 0.862 bits per heavy atom. The van der Waals surface area contributed by atoms with Gasteiger partial charge in [0.15, 0.2) is 6.10 Å². The Morgan fingerprint density at radius 2 is 1.62 bits per heavy atom. The monoisotopic (exact) mass is 385 g/mol. The number of hydrogen-bond donors (Lipinski definition) is 2. The van der Waals surface area contributed by atoms with Crippen LogP contribution in [0.3, 0.4) is 0 Å². The molecule has 1 atom stereocenters. The number of aromatic nitrogens is 1. The number of nitrogens with zero attached hydrogens (tertiary/aromatic N) is 1. The SMILES string of the molecule is C[C@@H](Oc1ccc2ccccc2c1)C(=O)NNC(=O)c1cccc2cccnc12. The van der Waals surface area contributed by atoms with Crippen molar-refractivity contribution in [2.75, 3.05) is 0 Å².